The van der Waals surface area contributed by atoms with E-state index in [1.54, 1.807) is 10.8 Å². The quantitative estimate of drug-likeness (QED) is 0.127. The predicted molar refractivity (Wildman–Crippen MR) is 149 cm³/mol. The maximum atomic E-state index is 13.3. The molecule has 0 bridgehead atoms. The zero-order valence-corrected chi connectivity index (χ0v) is 24.5. The fraction of sp³-hybridized carbons (Fsp3) is 0.346. The van der Waals surface area contributed by atoms with Crippen LogP contribution in [-0.4, -0.2) is 67.2 Å². The number of fused-ring (bicyclic) bond motifs is 2. The molecule has 1 fully saturated rings. The molecular weight excluding hydrogens is 588 g/mol. The van der Waals surface area contributed by atoms with E-state index in [-0.39, 0.29) is 28.8 Å². The number of aromatic nitrogens is 2. The Bertz CT molecular complexity index is 1710. The Hall–Kier alpha value is -4.44. The van der Waals surface area contributed by atoms with E-state index in [2.05, 4.69) is 15.5 Å². The summed E-state index contributed by atoms with van der Waals surface area (Å²) >= 11 is 2.30. The van der Waals surface area contributed by atoms with Crippen LogP contribution in [0.3, 0.4) is 0 Å². The molecule has 16 heteroatoms. The second kappa shape index (κ2) is 10.8. The number of thioether (sulfide) groups is 1. The zero-order valence-electron chi connectivity index (χ0n) is 22.9. The monoisotopic (exact) mass is 614 g/mol. The van der Waals surface area contributed by atoms with Gasteiger partial charge in [-0.2, -0.15) is 4.57 Å². The standard InChI is InChI=1S/C26H26N6O8S2/c1-11-5-6-31(21-14(11)7-12(2)39-21)8-13-9-41-22-17(20(34)32(22)18(13)23(35)36)29-19(33)16(15-10-42-25(27)28-15)30-40-26(3,4)24(37)38/h5-7,10,17,22H,8-9H2,1-4H3,(H4-,27,28,29,33,35,36,37,38)/b30-16+. The topological polar surface area (TPSA) is 204 Å². The number of β-lactam (4-membered cyclic amide) rings is 1. The lowest BCUT2D eigenvalue weighted by Gasteiger charge is -2.50. The van der Waals surface area contributed by atoms with Crippen LogP contribution in [0, 0.1) is 13.8 Å². The van der Waals surface area contributed by atoms with Gasteiger partial charge in [-0.25, -0.2) is 9.78 Å². The number of thiazole rings is 1. The number of aliphatic carboxylic acids is 2. The number of hydrogen-bond acceptors (Lipinski definition) is 12. The van der Waals surface area contributed by atoms with Crippen molar-refractivity contribution < 1.29 is 43.2 Å². The Morgan fingerprint density at radius 2 is 2.12 bits per heavy atom. The van der Waals surface area contributed by atoms with Crippen LogP contribution >= 0.6 is 23.1 Å². The summed E-state index contributed by atoms with van der Waals surface area (Å²) < 4.78 is 7.63. The van der Waals surface area contributed by atoms with E-state index < -0.39 is 46.5 Å². The smallest absolute Gasteiger partial charge is 0.381 e. The maximum Gasteiger partial charge on any atom is 0.381 e. The normalized spacial score (nSPS) is 19.0. The molecule has 5 rings (SSSR count). The number of carbonyl (C=O) groups is 4. The first-order valence-corrected chi connectivity index (χ1v) is 14.5. The van der Waals surface area contributed by atoms with Gasteiger partial charge in [-0.15, -0.1) is 23.1 Å². The van der Waals surface area contributed by atoms with E-state index in [1.807, 2.05) is 26.0 Å². The highest BCUT2D eigenvalue weighted by atomic mass is 32.2. The number of nitrogens with zero attached hydrogens (tertiary/aromatic N) is 4. The van der Waals surface area contributed by atoms with Crippen molar-refractivity contribution in [1.82, 2.24) is 15.2 Å². The van der Waals surface area contributed by atoms with Crippen molar-refractivity contribution in [2.75, 3.05) is 11.5 Å². The molecule has 0 spiro atoms. The van der Waals surface area contributed by atoms with Crippen LogP contribution in [0.1, 0.15) is 30.9 Å². The summed E-state index contributed by atoms with van der Waals surface area (Å²) in [7, 11) is 0. The van der Waals surface area contributed by atoms with E-state index in [9.17, 15) is 29.4 Å². The molecule has 220 valence electrons. The van der Waals surface area contributed by atoms with Gasteiger partial charge in [0.05, 0.1) is 17.1 Å². The van der Waals surface area contributed by atoms with Crippen molar-refractivity contribution >= 4 is 68.8 Å². The Morgan fingerprint density at radius 1 is 1.38 bits per heavy atom. The number of carbonyl (C=O) groups excluding carboxylic acids is 3. The maximum absolute atomic E-state index is 13.3. The lowest BCUT2D eigenvalue weighted by molar-refractivity contribution is -0.669. The van der Waals surface area contributed by atoms with Gasteiger partial charge in [-0.3, -0.25) is 14.5 Å². The van der Waals surface area contributed by atoms with E-state index >= 15 is 0 Å². The van der Waals surface area contributed by atoms with Gasteiger partial charge in [-0.1, -0.05) is 5.16 Å². The molecule has 0 aliphatic carbocycles. The molecule has 2 unspecified atom stereocenters. The number of furan rings is 1. The molecule has 2 aliphatic rings. The Labute approximate surface area is 246 Å². The summed E-state index contributed by atoms with van der Waals surface area (Å²) in [4.78, 5) is 60.4. The number of nitrogens with one attached hydrogen (secondary N) is 1. The van der Waals surface area contributed by atoms with E-state index in [0.717, 1.165) is 27.2 Å². The highest BCUT2D eigenvalue weighted by Gasteiger charge is 2.53. The number of oxime groups is 1. The molecule has 4 N–H and O–H groups in total. The first-order chi connectivity index (χ1) is 19.8. The number of pyridine rings is 1. The number of carboxylic acid groups (broad SMARTS) is 2. The molecule has 0 aromatic carbocycles. The fourth-order valence-corrected chi connectivity index (χ4v) is 6.37. The first-order valence-electron chi connectivity index (χ1n) is 12.6. The zero-order chi connectivity index (χ0) is 30.5. The highest BCUT2D eigenvalue weighted by molar-refractivity contribution is 8.00. The van der Waals surface area contributed by atoms with Crippen LogP contribution in [0.15, 0.2) is 44.6 Å². The van der Waals surface area contributed by atoms with Crippen molar-refractivity contribution in [3.8, 4) is 0 Å². The van der Waals surface area contributed by atoms with Crippen molar-refractivity contribution in [2.24, 2.45) is 5.16 Å². The van der Waals surface area contributed by atoms with Crippen molar-refractivity contribution in [3.05, 3.63) is 52.0 Å². The number of nitrogens with two attached hydrogens (primary N) is 1. The number of rotatable bonds is 9. The molecule has 42 heavy (non-hydrogen) atoms. The number of anilines is 1. The Kier molecular flexibility index (Phi) is 7.44. The molecule has 0 saturated carbocycles. The molecule has 1 saturated heterocycles. The second-order valence-electron chi connectivity index (χ2n) is 10.2. The van der Waals surface area contributed by atoms with Crippen molar-refractivity contribution in [1.29, 1.82) is 0 Å². The highest BCUT2D eigenvalue weighted by Crippen LogP contribution is 2.40. The summed E-state index contributed by atoms with van der Waals surface area (Å²) in [6.07, 6.45) is 1.79. The average molecular weight is 615 g/mol. The molecule has 3 aromatic heterocycles. The minimum Gasteiger partial charge on any atom is -0.543 e. The third-order valence-corrected chi connectivity index (χ3v) is 8.79. The number of amides is 2. The molecule has 5 heterocycles. The SMILES string of the molecule is Cc1cc2c(C)cc[n+](CC3=C(C(=O)[O-])N4C(=O)C(NC(=O)/C(=N/OC(C)(C)C(=O)O)c5csc(N)n5)C4SC3)c2o1. The summed E-state index contributed by atoms with van der Waals surface area (Å²) in [6.45, 7) is 6.40. The number of aryl methyl sites for hydroxylation is 2. The third-order valence-electron chi connectivity index (χ3n) is 6.77. The van der Waals surface area contributed by atoms with Gasteiger partial charge >= 0.3 is 11.7 Å². The van der Waals surface area contributed by atoms with Gasteiger partial charge in [0.1, 0.15) is 22.9 Å². The number of hydrogen-bond donors (Lipinski definition) is 3. The minimum atomic E-state index is -1.77. The summed E-state index contributed by atoms with van der Waals surface area (Å²) in [6, 6.07) is 2.70. The van der Waals surface area contributed by atoms with Gasteiger partial charge in [0.15, 0.2) is 23.6 Å². The van der Waals surface area contributed by atoms with E-state index in [1.165, 1.54) is 31.0 Å². The summed E-state index contributed by atoms with van der Waals surface area (Å²) in [5.41, 5.74) is 5.32. The summed E-state index contributed by atoms with van der Waals surface area (Å²) in [5.74, 6) is -3.43. The predicted octanol–water partition coefficient (Wildman–Crippen LogP) is 0.0638. The van der Waals surface area contributed by atoms with Crippen LogP contribution in [-0.2, 0) is 30.6 Å². The van der Waals surface area contributed by atoms with E-state index in [0.29, 0.717) is 17.0 Å². The van der Waals surface area contributed by atoms with Crippen LogP contribution in [0.25, 0.3) is 11.1 Å². The molecule has 3 aromatic rings. The minimum absolute atomic E-state index is 0.0170. The Balaban J connectivity index is 1.39. The van der Waals surface area contributed by atoms with Gasteiger partial charge in [0.25, 0.3) is 11.8 Å². The molecule has 14 nitrogen and oxygen atoms in total. The fourth-order valence-electron chi connectivity index (χ4n) is 4.49. The first kappa shape index (κ1) is 29.1. The van der Waals surface area contributed by atoms with Crippen LogP contribution < -0.4 is 20.7 Å². The summed E-state index contributed by atoms with van der Waals surface area (Å²) in [5, 5.41) is 29.6. The molecule has 0 radical (unpaired) electrons. The van der Waals surface area contributed by atoms with Crippen LogP contribution in [0.4, 0.5) is 5.13 Å². The van der Waals surface area contributed by atoms with Gasteiger partial charge in [0.2, 0.25) is 5.60 Å². The third kappa shape index (κ3) is 5.18. The molecule has 2 aliphatic heterocycles. The van der Waals surface area contributed by atoms with Gasteiger partial charge in [0, 0.05) is 22.8 Å². The second-order valence-corrected chi connectivity index (χ2v) is 12.2. The number of nitrogen functional groups attached to an aromatic ring is 1. The largest absolute Gasteiger partial charge is 0.543 e. The van der Waals surface area contributed by atoms with E-state index in [4.69, 9.17) is 15.0 Å². The molecule has 2 atom stereocenters. The van der Waals surface area contributed by atoms with Crippen LogP contribution in [0.2, 0.25) is 0 Å². The average Bonchev–Trinajstić information content (AvgIpc) is 3.54. The van der Waals surface area contributed by atoms with Crippen molar-refractivity contribution in [2.45, 2.75) is 51.3 Å². The molecular formula is C26H26N6O8S2. The van der Waals surface area contributed by atoms with Gasteiger partial charge in [-0.05, 0) is 39.3 Å². The lowest BCUT2D eigenvalue weighted by Crippen LogP contribution is -2.71. The van der Waals surface area contributed by atoms with Gasteiger partial charge < -0.3 is 35.3 Å². The lowest BCUT2D eigenvalue weighted by atomic mass is 10.0. The van der Waals surface area contributed by atoms with Crippen molar-refractivity contribution in [3.63, 3.8) is 0 Å². The number of carboxylic acids is 2. The van der Waals surface area contributed by atoms with Crippen LogP contribution in [0.5, 0.6) is 0 Å². The Morgan fingerprint density at radius 3 is 2.76 bits per heavy atom. The molecule has 2 amide bonds.